The molecule has 3 heteroatoms. The summed E-state index contributed by atoms with van der Waals surface area (Å²) < 4.78 is 0. The van der Waals surface area contributed by atoms with E-state index in [-0.39, 0.29) is 0 Å². The summed E-state index contributed by atoms with van der Waals surface area (Å²) in [6.07, 6.45) is 3.11. The van der Waals surface area contributed by atoms with Gasteiger partial charge in [-0.05, 0) is 13.0 Å². The molecule has 2 nitrogen and oxygen atoms in total. The van der Waals surface area contributed by atoms with Gasteiger partial charge in [0, 0.05) is 11.8 Å². The topological polar surface area (TPSA) is 25.8 Å². The van der Waals surface area contributed by atoms with Crippen LogP contribution in [0.25, 0.3) is 11.3 Å². The number of hydrogen-bond donors (Lipinski definition) is 0. The molecule has 0 atom stereocenters. The van der Waals surface area contributed by atoms with Crippen LogP contribution in [0.5, 0.6) is 0 Å². The first-order valence-electron chi connectivity index (χ1n) is 4.30. The van der Waals surface area contributed by atoms with Crippen LogP contribution in [0.4, 0.5) is 0 Å². The lowest BCUT2D eigenvalue weighted by atomic mass is 10.1. The van der Waals surface area contributed by atoms with E-state index in [1.165, 1.54) is 11.9 Å². The van der Waals surface area contributed by atoms with E-state index in [9.17, 15) is 0 Å². The summed E-state index contributed by atoms with van der Waals surface area (Å²) in [5, 5.41) is 0.582. The molecule has 0 aliphatic carbocycles. The Labute approximate surface area is 87.6 Å². The molecule has 1 heterocycles. The molecule has 2 rings (SSSR count). The second-order valence-corrected chi connectivity index (χ2v) is 3.50. The van der Waals surface area contributed by atoms with E-state index >= 15 is 0 Å². The van der Waals surface area contributed by atoms with Gasteiger partial charge in [-0.3, -0.25) is 0 Å². The number of benzene rings is 1. The Morgan fingerprint density at radius 2 is 2.14 bits per heavy atom. The Kier molecular flexibility index (Phi) is 2.46. The lowest BCUT2D eigenvalue weighted by Gasteiger charge is -2.02. The molecule has 0 spiro atoms. The molecule has 70 valence electrons. The Hall–Kier alpha value is -1.41. The minimum atomic E-state index is 0.582. The molecule has 0 aliphatic heterocycles. The molecule has 0 bridgehead atoms. The summed E-state index contributed by atoms with van der Waals surface area (Å²) in [7, 11) is 0. The van der Waals surface area contributed by atoms with Crippen LogP contribution < -0.4 is 0 Å². The van der Waals surface area contributed by atoms with Crippen LogP contribution >= 0.6 is 11.6 Å². The SMILES string of the molecule is Cc1cccc(-c2ncncc2Cl)c1. The minimum Gasteiger partial charge on any atom is -0.243 e. The summed E-state index contributed by atoms with van der Waals surface area (Å²) in [5.74, 6) is 0. The molecule has 2 aromatic rings. The van der Waals surface area contributed by atoms with Crippen LogP contribution in [-0.4, -0.2) is 9.97 Å². The Balaban J connectivity index is 2.55. The highest BCUT2D eigenvalue weighted by molar-refractivity contribution is 6.32. The quantitative estimate of drug-likeness (QED) is 0.714. The predicted octanol–water partition coefficient (Wildman–Crippen LogP) is 3.11. The van der Waals surface area contributed by atoms with Crippen molar-refractivity contribution in [2.45, 2.75) is 6.92 Å². The second kappa shape index (κ2) is 3.76. The second-order valence-electron chi connectivity index (χ2n) is 3.09. The van der Waals surface area contributed by atoms with Gasteiger partial charge in [-0.1, -0.05) is 35.4 Å². The van der Waals surface area contributed by atoms with Crippen molar-refractivity contribution in [1.29, 1.82) is 0 Å². The molecule has 0 unspecified atom stereocenters. The lowest BCUT2D eigenvalue weighted by molar-refractivity contribution is 1.17. The molecular formula is C11H9ClN2. The highest BCUT2D eigenvalue weighted by Crippen LogP contribution is 2.24. The maximum Gasteiger partial charge on any atom is 0.116 e. The first kappa shape index (κ1) is 9.16. The van der Waals surface area contributed by atoms with E-state index < -0.39 is 0 Å². The van der Waals surface area contributed by atoms with Gasteiger partial charge in [0.15, 0.2) is 0 Å². The maximum atomic E-state index is 5.99. The minimum absolute atomic E-state index is 0.582. The van der Waals surface area contributed by atoms with Crippen LogP contribution in [-0.2, 0) is 0 Å². The average molecular weight is 205 g/mol. The van der Waals surface area contributed by atoms with Crippen molar-refractivity contribution < 1.29 is 0 Å². The molecule has 1 aromatic heterocycles. The fraction of sp³-hybridized carbons (Fsp3) is 0.0909. The van der Waals surface area contributed by atoms with Crippen LogP contribution in [0.15, 0.2) is 36.8 Å². The summed E-state index contributed by atoms with van der Waals surface area (Å²) in [5.41, 5.74) is 3.00. The number of aryl methyl sites for hydroxylation is 1. The number of aromatic nitrogens is 2. The molecule has 0 N–H and O–H groups in total. The number of hydrogen-bond acceptors (Lipinski definition) is 2. The highest BCUT2D eigenvalue weighted by Gasteiger charge is 2.03. The Bertz CT molecular complexity index is 455. The van der Waals surface area contributed by atoms with Gasteiger partial charge in [0.25, 0.3) is 0 Å². The third-order valence-corrected chi connectivity index (χ3v) is 2.24. The van der Waals surface area contributed by atoms with Crippen molar-refractivity contribution in [2.75, 3.05) is 0 Å². The molecule has 0 fully saturated rings. The van der Waals surface area contributed by atoms with Gasteiger partial charge in [-0.25, -0.2) is 9.97 Å². The first-order chi connectivity index (χ1) is 6.77. The molecule has 0 amide bonds. The average Bonchev–Trinajstić information content (AvgIpc) is 2.18. The van der Waals surface area contributed by atoms with E-state index in [4.69, 9.17) is 11.6 Å². The zero-order valence-electron chi connectivity index (χ0n) is 7.74. The zero-order valence-corrected chi connectivity index (χ0v) is 8.49. The van der Waals surface area contributed by atoms with Crippen molar-refractivity contribution >= 4 is 11.6 Å². The predicted molar refractivity (Wildman–Crippen MR) is 57.2 cm³/mol. The van der Waals surface area contributed by atoms with Crippen LogP contribution in [0, 0.1) is 6.92 Å². The van der Waals surface area contributed by atoms with E-state index in [2.05, 4.69) is 9.97 Å². The van der Waals surface area contributed by atoms with Crippen molar-refractivity contribution in [3.8, 4) is 11.3 Å². The lowest BCUT2D eigenvalue weighted by Crippen LogP contribution is -1.86. The van der Waals surface area contributed by atoms with Gasteiger partial charge in [0.2, 0.25) is 0 Å². The molecule has 0 radical (unpaired) electrons. The highest BCUT2D eigenvalue weighted by atomic mass is 35.5. The van der Waals surface area contributed by atoms with E-state index in [1.54, 1.807) is 6.20 Å². The Morgan fingerprint density at radius 3 is 2.86 bits per heavy atom. The van der Waals surface area contributed by atoms with Crippen molar-refractivity contribution in [3.05, 3.63) is 47.4 Å². The molecule has 0 aliphatic rings. The monoisotopic (exact) mass is 204 g/mol. The van der Waals surface area contributed by atoms with E-state index in [1.807, 2.05) is 31.2 Å². The summed E-state index contributed by atoms with van der Waals surface area (Å²) in [4.78, 5) is 8.00. The maximum absolute atomic E-state index is 5.99. The third-order valence-electron chi connectivity index (χ3n) is 1.96. The summed E-state index contributed by atoms with van der Waals surface area (Å²) in [6.45, 7) is 2.04. The number of halogens is 1. The van der Waals surface area contributed by atoms with Crippen LogP contribution in [0.2, 0.25) is 5.02 Å². The zero-order chi connectivity index (χ0) is 9.97. The smallest absolute Gasteiger partial charge is 0.116 e. The third kappa shape index (κ3) is 1.75. The molecule has 1 aromatic carbocycles. The number of rotatable bonds is 1. The van der Waals surface area contributed by atoms with Gasteiger partial charge < -0.3 is 0 Å². The number of nitrogens with zero attached hydrogens (tertiary/aromatic N) is 2. The Morgan fingerprint density at radius 1 is 1.29 bits per heavy atom. The standard InChI is InChI=1S/C11H9ClN2/c1-8-3-2-4-9(5-8)11-10(12)6-13-7-14-11/h2-7H,1H3. The van der Waals surface area contributed by atoms with Gasteiger partial charge in [0.1, 0.15) is 6.33 Å². The molecule has 0 saturated carbocycles. The van der Waals surface area contributed by atoms with Gasteiger partial charge in [-0.2, -0.15) is 0 Å². The fourth-order valence-electron chi connectivity index (χ4n) is 1.32. The van der Waals surface area contributed by atoms with Crippen LogP contribution in [0.3, 0.4) is 0 Å². The first-order valence-corrected chi connectivity index (χ1v) is 4.68. The summed E-state index contributed by atoms with van der Waals surface area (Å²) >= 11 is 5.99. The van der Waals surface area contributed by atoms with E-state index in [0.717, 1.165) is 11.3 Å². The summed E-state index contributed by atoms with van der Waals surface area (Å²) in [6, 6.07) is 8.07. The van der Waals surface area contributed by atoms with Gasteiger partial charge >= 0.3 is 0 Å². The molecule has 0 saturated heterocycles. The van der Waals surface area contributed by atoms with Crippen molar-refractivity contribution in [3.63, 3.8) is 0 Å². The van der Waals surface area contributed by atoms with Gasteiger partial charge in [0.05, 0.1) is 10.7 Å². The fourth-order valence-corrected chi connectivity index (χ4v) is 1.53. The normalized spacial score (nSPS) is 10.1. The van der Waals surface area contributed by atoms with Gasteiger partial charge in [-0.15, -0.1) is 0 Å². The molecule has 14 heavy (non-hydrogen) atoms. The van der Waals surface area contributed by atoms with Crippen molar-refractivity contribution in [2.24, 2.45) is 0 Å². The largest absolute Gasteiger partial charge is 0.243 e. The van der Waals surface area contributed by atoms with Crippen LogP contribution in [0.1, 0.15) is 5.56 Å². The van der Waals surface area contributed by atoms with Crippen molar-refractivity contribution in [1.82, 2.24) is 9.97 Å². The van der Waals surface area contributed by atoms with E-state index in [0.29, 0.717) is 5.02 Å². The molecular weight excluding hydrogens is 196 g/mol.